The molecule has 0 radical (unpaired) electrons. The lowest BCUT2D eigenvalue weighted by atomic mass is 10.0. The minimum absolute atomic E-state index is 0.101. The molecule has 7 heteroatoms. The van der Waals surface area contributed by atoms with E-state index < -0.39 is 5.97 Å². The van der Waals surface area contributed by atoms with Gasteiger partial charge in [-0.1, -0.05) is 77.6 Å². The average Bonchev–Trinajstić information content (AvgIpc) is 2.73. The molecule has 0 saturated carbocycles. The Morgan fingerprint density at radius 3 is 2.00 bits per heavy atom. The second kappa shape index (κ2) is 17.2. The van der Waals surface area contributed by atoms with Crippen LogP contribution in [0.2, 0.25) is 0 Å². The van der Waals surface area contributed by atoms with Gasteiger partial charge in [-0.2, -0.15) is 0 Å². The number of aromatic nitrogens is 2. The molecule has 0 aliphatic carbocycles. The highest BCUT2D eigenvalue weighted by molar-refractivity contribution is 7.71. The highest BCUT2D eigenvalue weighted by atomic mass is 32.1. The first-order chi connectivity index (χ1) is 14.6. The second-order valence-electron chi connectivity index (χ2n) is 8.03. The van der Waals surface area contributed by atoms with Crippen molar-refractivity contribution in [2.75, 3.05) is 13.2 Å². The number of aryl methyl sites for hydroxylation is 1. The Morgan fingerprint density at radius 2 is 1.43 bits per heavy atom. The van der Waals surface area contributed by atoms with E-state index in [2.05, 4.69) is 16.9 Å². The summed E-state index contributed by atoms with van der Waals surface area (Å²) in [5.41, 5.74) is 6.76. The van der Waals surface area contributed by atoms with Gasteiger partial charge in [0.15, 0.2) is 4.77 Å². The third kappa shape index (κ3) is 12.3. The van der Waals surface area contributed by atoms with E-state index >= 15 is 0 Å². The van der Waals surface area contributed by atoms with Crippen molar-refractivity contribution in [1.82, 2.24) is 9.97 Å². The minimum Gasteiger partial charge on any atom is -0.465 e. The van der Waals surface area contributed by atoms with Crippen LogP contribution >= 0.6 is 12.2 Å². The standard InChI is InChI=1S/C23H41N3O3S/c1-2-3-4-5-6-7-8-9-10-11-12-13-15-19-20(25-23(30)26-22(19)28)16-14-17-29-21(27)18-24/h2-18,24H2,1H3,(H2,25,26,28,30). The van der Waals surface area contributed by atoms with E-state index in [4.69, 9.17) is 22.7 Å². The van der Waals surface area contributed by atoms with Gasteiger partial charge < -0.3 is 15.5 Å². The number of ether oxygens (including phenoxy) is 1. The van der Waals surface area contributed by atoms with E-state index in [1.807, 2.05) is 0 Å². The zero-order valence-corrected chi connectivity index (χ0v) is 19.5. The van der Waals surface area contributed by atoms with Crippen molar-refractivity contribution in [2.45, 2.75) is 103 Å². The summed E-state index contributed by atoms with van der Waals surface area (Å²) in [6.45, 7) is 2.44. The fraction of sp³-hybridized carbons (Fsp3) is 0.783. The second-order valence-corrected chi connectivity index (χ2v) is 8.44. The fourth-order valence-corrected chi connectivity index (χ4v) is 3.89. The summed E-state index contributed by atoms with van der Waals surface area (Å²) < 4.78 is 5.34. The Labute approximate surface area is 186 Å². The molecule has 0 aliphatic rings. The molecule has 0 fully saturated rings. The molecule has 0 saturated heterocycles. The number of unbranched alkanes of at least 4 members (excludes halogenated alkanes) is 11. The fourth-order valence-electron chi connectivity index (χ4n) is 3.67. The van der Waals surface area contributed by atoms with E-state index in [1.54, 1.807) is 0 Å². The van der Waals surface area contributed by atoms with Crippen molar-refractivity contribution in [3.8, 4) is 0 Å². The topological polar surface area (TPSA) is 101 Å². The minimum atomic E-state index is -0.412. The van der Waals surface area contributed by atoms with Gasteiger partial charge in [0.05, 0.1) is 13.2 Å². The molecule has 1 rings (SSSR count). The van der Waals surface area contributed by atoms with E-state index in [0.29, 0.717) is 24.2 Å². The highest BCUT2D eigenvalue weighted by Gasteiger charge is 2.09. The van der Waals surface area contributed by atoms with Crippen molar-refractivity contribution >= 4 is 18.2 Å². The largest absolute Gasteiger partial charge is 0.465 e. The van der Waals surface area contributed by atoms with Gasteiger partial charge in [-0.15, -0.1) is 0 Å². The van der Waals surface area contributed by atoms with Gasteiger partial charge in [0.1, 0.15) is 0 Å². The Hall–Kier alpha value is -1.47. The molecule has 0 bridgehead atoms. The van der Waals surface area contributed by atoms with Crippen molar-refractivity contribution in [1.29, 1.82) is 0 Å². The van der Waals surface area contributed by atoms with E-state index in [-0.39, 0.29) is 12.1 Å². The summed E-state index contributed by atoms with van der Waals surface area (Å²) in [5, 5.41) is 0. The number of carbonyl (C=O) groups is 1. The lowest BCUT2D eigenvalue weighted by Crippen LogP contribution is -2.19. The zero-order valence-electron chi connectivity index (χ0n) is 18.7. The number of esters is 1. The summed E-state index contributed by atoms with van der Waals surface area (Å²) in [6.07, 6.45) is 17.5. The van der Waals surface area contributed by atoms with Crippen LogP contribution in [-0.2, 0) is 22.4 Å². The third-order valence-electron chi connectivity index (χ3n) is 5.41. The quantitative estimate of drug-likeness (QED) is 0.168. The number of carbonyl (C=O) groups excluding carboxylic acids is 1. The Balaban J connectivity index is 2.25. The molecule has 4 N–H and O–H groups in total. The maximum Gasteiger partial charge on any atom is 0.319 e. The van der Waals surface area contributed by atoms with Gasteiger partial charge in [0, 0.05) is 11.3 Å². The van der Waals surface area contributed by atoms with Crippen molar-refractivity contribution in [3.05, 3.63) is 26.4 Å². The normalized spacial score (nSPS) is 11.0. The molecule has 30 heavy (non-hydrogen) atoms. The molecule has 1 aromatic rings. The first-order valence-electron chi connectivity index (χ1n) is 11.8. The average molecular weight is 440 g/mol. The smallest absolute Gasteiger partial charge is 0.319 e. The first kappa shape index (κ1) is 26.6. The molecule has 0 amide bonds. The van der Waals surface area contributed by atoms with Gasteiger partial charge in [0.2, 0.25) is 0 Å². The molecule has 0 atom stereocenters. The van der Waals surface area contributed by atoms with Gasteiger partial charge in [-0.05, 0) is 37.9 Å². The van der Waals surface area contributed by atoms with Gasteiger partial charge in [-0.25, -0.2) is 0 Å². The number of nitrogens with two attached hydrogens (primary N) is 1. The molecular weight excluding hydrogens is 398 g/mol. The first-order valence-corrected chi connectivity index (χ1v) is 12.2. The summed E-state index contributed by atoms with van der Waals surface area (Å²) in [4.78, 5) is 29.2. The number of rotatable bonds is 18. The predicted octanol–water partition coefficient (Wildman–Crippen LogP) is 5.11. The molecular formula is C23H41N3O3S. The number of nitrogens with one attached hydrogen (secondary N) is 2. The molecule has 0 aromatic carbocycles. The van der Waals surface area contributed by atoms with Crippen LogP contribution in [0, 0.1) is 4.77 Å². The maximum atomic E-state index is 12.3. The van der Waals surface area contributed by atoms with Gasteiger partial charge in [-0.3, -0.25) is 14.6 Å². The Bertz CT molecular complexity index is 700. The molecule has 6 nitrogen and oxygen atoms in total. The molecule has 0 spiro atoms. The number of H-pyrrole nitrogens is 2. The molecule has 0 unspecified atom stereocenters. The molecule has 0 aliphatic heterocycles. The maximum absolute atomic E-state index is 12.3. The predicted molar refractivity (Wildman–Crippen MR) is 125 cm³/mol. The van der Waals surface area contributed by atoms with Crippen LogP contribution in [0.25, 0.3) is 0 Å². The summed E-state index contributed by atoms with van der Waals surface area (Å²) in [7, 11) is 0. The van der Waals surface area contributed by atoms with Crippen molar-refractivity contribution in [2.24, 2.45) is 5.73 Å². The summed E-state index contributed by atoms with van der Waals surface area (Å²) in [6, 6.07) is 0. The third-order valence-corrected chi connectivity index (χ3v) is 5.62. The van der Waals surface area contributed by atoms with E-state index in [0.717, 1.165) is 30.5 Å². The Kier molecular flexibility index (Phi) is 15.3. The summed E-state index contributed by atoms with van der Waals surface area (Å²) in [5.74, 6) is -0.412. The van der Waals surface area contributed by atoms with Crippen molar-refractivity contribution in [3.63, 3.8) is 0 Å². The van der Waals surface area contributed by atoms with Gasteiger partial charge >= 0.3 is 5.97 Å². The Morgan fingerprint density at radius 1 is 0.867 bits per heavy atom. The zero-order chi connectivity index (χ0) is 22.0. The number of aromatic amines is 2. The van der Waals surface area contributed by atoms with Crippen LogP contribution in [0.3, 0.4) is 0 Å². The van der Waals surface area contributed by atoms with E-state index in [9.17, 15) is 9.59 Å². The molecule has 1 aromatic heterocycles. The number of hydrogen-bond donors (Lipinski definition) is 3. The van der Waals surface area contributed by atoms with Crippen LogP contribution in [0.1, 0.15) is 102 Å². The number of hydrogen-bond acceptors (Lipinski definition) is 5. The molecule has 172 valence electrons. The SMILES string of the molecule is CCCCCCCCCCCCCCc1c(CCCOC(=O)CN)[nH]c(=S)[nH]c1=O. The lowest BCUT2D eigenvalue weighted by Gasteiger charge is -2.09. The highest BCUT2D eigenvalue weighted by Crippen LogP contribution is 2.14. The van der Waals surface area contributed by atoms with Crippen molar-refractivity contribution < 1.29 is 9.53 Å². The van der Waals surface area contributed by atoms with Crippen LogP contribution in [-0.4, -0.2) is 29.1 Å². The van der Waals surface area contributed by atoms with Crippen LogP contribution in [0.15, 0.2) is 4.79 Å². The van der Waals surface area contributed by atoms with E-state index in [1.165, 1.54) is 64.2 Å². The van der Waals surface area contributed by atoms with Crippen LogP contribution in [0.5, 0.6) is 0 Å². The lowest BCUT2D eigenvalue weighted by molar-refractivity contribution is -0.141. The molecule has 1 heterocycles. The van der Waals surface area contributed by atoms with Crippen LogP contribution in [0.4, 0.5) is 0 Å². The monoisotopic (exact) mass is 439 g/mol. The van der Waals surface area contributed by atoms with Gasteiger partial charge in [0.25, 0.3) is 5.56 Å². The summed E-state index contributed by atoms with van der Waals surface area (Å²) >= 11 is 5.11. The van der Waals surface area contributed by atoms with Crippen LogP contribution < -0.4 is 11.3 Å².